The van der Waals surface area contributed by atoms with E-state index in [1.54, 1.807) is 0 Å². The largest absolute Gasteiger partial charge is 0.324 e. The number of hydrogen-bond donors (Lipinski definition) is 1. The van der Waals surface area contributed by atoms with Gasteiger partial charge in [0.05, 0.1) is 28.8 Å². The molecule has 1 saturated heterocycles. The molecule has 152 valence electrons. The molecule has 1 aliphatic rings. The number of hydrogen-bond acceptors (Lipinski definition) is 6. The van der Waals surface area contributed by atoms with E-state index in [4.69, 9.17) is 11.6 Å². The van der Waals surface area contributed by atoms with E-state index in [9.17, 15) is 22.4 Å². The summed E-state index contributed by atoms with van der Waals surface area (Å²) in [6.45, 7) is -0.320. The Balaban J connectivity index is 1.56. The Bertz CT molecular complexity index is 1290. The molecule has 29 heavy (non-hydrogen) atoms. The predicted molar refractivity (Wildman–Crippen MR) is 104 cm³/mol. The summed E-state index contributed by atoms with van der Waals surface area (Å²) in [7, 11) is -3.12. The van der Waals surface area contributed by atoms with E-state index >= 15 is 0 Å². The van der Waals surface area contributed by atoms with Crippen molar-refractivity contribution in [1.82, 2.24) is 19.3 Å². The third-order valence-corrected chi connectivity index (χ3v) is 6.69. The molecule has 0 unspecified atom stereocenters. The maximum atomic E-state index is 13.2. The smallest absolute Gasteiger partial charge is 0.264 e. The maximum absolute atomic E-state index is 13.2. The van der Waals surface area contributed by atoms with Gasteiger partial charge in [0.1, 0.15) is 24.1 Å². The van der Waals surface area contributed by atoms with Gasteiger partial charge in [-0.1, -0.05) is 11.6 Å². The van der Waals surface area contributed by atoms with Gasteiger partial charge in [-0.3, -0.25) is 14.2 Å². The van der Waals surface area contributed by atoms with Crippen LogP contribution in [0.25, 0.3) is 11.0 Å². The zero-order valence-electron chi connectivity index (χ0n) is 14.9. The van der Waals surface area contributed by atoms with Crippen molar-refractivity contribution in [3.63, 3.8) is 0 Å². The standard InChI is InChI=1S/C17H15ClFN5O4S/c18-13-5-10(1-2-14(13)19)22-15(25)7-23-9-20-16-12(17(23)26)6-21-24(16)11-3-4-29(27,28)8-11/h1-2,5-6,9,11H,3-4,7-8H2,(H,22,25)/t11-/m0/s1. The molecule has 9 nitrogen and oxygen atoms in total. The van der Waals surface area contributed by atoms with Gasteiger partial charge in [0.2, 0.25) is 5.91 Å². The third-order valence-electron chi connectivity index (χ3n) is 4.65. The van der Waals surface area contributed by atoms with E-state index in [-0.39, 0.29) is 40.1 Å². The SMILES string of the molecule is O=C(Cn1cnc2c(cnn2[C@H]2CCS(=O)(=O)C2)c1=O)Nc1ccc(F)c(Cl)c1. The van der Waals surface area contributed by atoms with Gasteiger partial charge in [-0.05, 0) is 24.6 Å². The van der Waals surface area contributed by atoms with Gasteiger partial charge in [0, 0.05) is 5.69 Å². The minimum Gasteiger partial charge on any atom is -0.324 e. The number of aromatic nitrogens is 4. The molecule has 1 aliphatic heterocycles. The summed E-state index contributed by atoms with van der Waals surface area (Å²) in [4.78, 5) is 29.1. The van der Waals surface area contributed by atoms with E-state index < -0.39 is 27.1 Å². The summed E-state index contributed by atoms with van der Waals surface area (Å²) in [6, 6.07) is 3.36. The highest BCUT2D eigenvalue weighted by Gasteiger charge is 2.31. The summed E-state index contributed by atoms with van der Waals surface area (Å²) in [6.07, 6.45) is 2.94. The maximum Gasteiger partial charge on any atom is 0.264 e. The van der Waals surface area contributed by atoms with E-state index in [0.717, 1.165) is 10.6 Å². The number of sulfone groups is 1. The van der Waals surface area contributed by atoms with E-state index in [2.05, 4.69) is 15.4 Å². The summed E-state index contributed by atoms with van der Waals surface area (Å²) >= 11 is 5.68. The van der Waals surface area contributed by atoms with Gasteiger partial charge in [-0.2, -0.15) is 5.10 Å². The fourth-order valence-corrected chi connectivity index (χ4v) is 5.12. The number of carbonyl (C=O) groups is 1. The monoisotopic (exact) mass is 439 g/mol. The molecule has 2 aromatic heterocycles. The van der Waals surface area contributed by atoms with Crippen LogP contribution in [-0.4, -0.2) is 45.2 Å². The average molecular weight is 440 g/mol. The lowest BCUT2D eigenvalue weighted by Crippen LogP contribution is -2.28. The molecular weight excluding hydrogens is 425 g/mol. The molecule has 0 spiro atoms. The van der Waals surface area contributed by atoms with Gasteiger partial charge in [0.25, 0.3) is 5.56 Å². The fourth-order valence-electron chi connectivity index (χ4n) is 3.24. The van der Waals surface area contributed by atoms with Crippen LogP contribution in [0.4, 0.5) is 10.1 Å². The number of rotatable bonds is 4. The Morgan fingerprint density at radius 1 is 1.38 bits per heavy atom. The first-order valence-electron chi connectivity index (χ1n) is 8.61. The van der Waals surface area contributed by atoms with Gasteiger partial charge in [0.15, 0.2) is 15.5 Å². The molecule has 1 fully saturated rings. The van der Waals surface area contributed by atoms with Crippen molar-refractivity contribution in [2.75, 3.05) is 16.8 Å². The van der Waals surface area contributed by atoms with Crippen LogP contribution >= 0.6 is 11.6 Å². The normalized spacial score (nSPS) is 18.2. The third kappa shape index (κ3) is 3.87. The van der Waals surface area contributed by atoms with Crippen molar-refractivity contribution < 1.29 is 17.6 Å². The number of anilines is 1. The van der Waals surface area contributed by atoms with Crippen molar-refractivity contribution in [3.05, 3.63) is 51.9 Å². The zero-order chi connectivity index (χ0) is 20.8. The number of nitrogens with one attached hydrogen (secondary N) is 1. The molecular formula is C17H15ClFN5O4S. The highest BCUT2D eigenvalue weighted by Crippen LogP contribution is 2.25. The minimum atomic E-state index is -3.12. The lowest BCUT2D eigenvalue weighted by Gasteiger charge is -2.10. The minimum absolute atomic E-state index is 0.0445. The number of carbonyl (C=O) groups excluding carboxylic acids is 1. The van der Waals surface area contributed by atoms with Crippen LogP contribution in [0.1, 0.15) is 12.5 Å². The van der Waals surface area contributed by atoms with Gasteiger partial charge in [-0.25, -0.2) is 22.5 Å². The molecule has 4 rings (SSSR count). The molecule has 0 saturated carbocycles. The van der Waals surface area contributed by atoms with Gasteiger partial charge >= 0.3 is 0 Å². The fraction of sp³-hybridized carbons (Fsp3) is 0.294. The van der Waals surface area contributed by atoms with Gasteiger partial charge < -0.3 is 5.32 Å². The van der Waals surface area contributed by atoms with E-state index in [0.29, 0.717) is 12.1 Å². The Labute approximate surface area is 169 Å². The summed E-state index contributed by atoms with van der Waals surface area (Å²) < 4.78 is 39.2. The zero-order valence-corrected chi connectivity index (χ0v) is 16.5. The van der Waals surface area contributed by atoms with Crippen molar-refractivity contribution in [2.24, 2.45) is 0 Å². The molecule has 0 bridgehead atoms. The van der Waals surface area contributed by atoms with Crippen LogP contribution < -0.4 is 10.9 Å². The topological polar surface area (TPSA) is 116 Å². The molecule has 0 aliphatic carbocycles. The summed E-state index contributed by atoms with van der Waals surface area (Å²) in [5.74, 6) is -1.10. The average Bonchev–Trinajstić information content (AvgIpc) is 3.24. The van der Waals surface area contributed by atoms with Crippen LogP contribution in [0.3, 0.4) is 0 Å². The van der Waals surface area contributed by atoms with E-state index in [1.807, 2.05) is 0 Å². The van der Waals surface area contributed by atoms with Crippen LogP contribution in [-0.2, 0) is 21.2 Å². The Morgan fingerprint density at radius 2 is 2.17 bits per heavy atom. The second kappa shape index (κ2) is 7.23. The molecule has 1 atom stereocenters. The number of halogens is 2. The summed E-state index contributed by atoms with van der Waals surface area (Å²) in [5.41, 5.74) is 0.0900. The first-order chi connectivity index (χ1) is 13.7. The first-order valence-corrected chi connectivity index (χ1v) is 10.8. The van der Waals surface area contributed by atoms with Crippen molar-refractivity contribution in [3.8, 4) is 0 Å². The highest BCUT2D eigenvalue weighted by molar-refractivity contribution is 7.91. The molecule has 1 aromatic carbocycles. The molecule has 12 heteroatoms. The molecule has 3 aromatic rings. The van der Waals surface area contributed by atoms with Gasteiger partial charge in [-0.15, -0.1) is 0 Å². The van der Waals surface area contributed by atoms with Crippen molar-refractivity contribution in [1.29, 1.82) is 0 Å². The molecule has 1 N–H and O–H groups in total. The quantitative estimate of drug-likeness (QED) is 0.656. The second-order valence-electron chi connectivity index (χ2n) is 6.74. The van der Waals surface area contributed by atoms with Crippen LogP contribution in [0, 0.1) is 5.82 Å². The van der Waals surface area contributed by atoms with Crippen LogP contribution in [0.15, 0.2) is 35.5 Å². The van der Waals surface area contributed by atoms with E-state index in [1.165, 1.54) is 29.3 Å². The van der Waals surface area contributed by atoms with Crippen molar-refractivity contribution >= 4 is 44.1 Å². The number of amides is 1. The summed E-state index contributed by atoms with van der Waals surface area (Å²) in [5, 5.41) is 6.72. The predicted octanol–water partition coefficient (Wildman–Crippen LogP) is 1.38. The molecule has 3 heterocycles. The van der Waals surface area contributed by atoms with Crippen LogP contribution in [0.5, 0.6) is 0 Å². The number of nitrogens with zero attached hydrogens (tertiary/aromatic N) is 4. The Morgan fingerprint density at radius 3 is 2.86 bits per heavy atom. The van der Waals surface area contributed by atoms with Crippen molar-refractivity contribution in [2.45, 2.75) is 19.0 Å². The number of benzene rings is 1. The van der Waals surface area contributed by atoms with Crippen LogP contribution in [0.2, 0.25) is 5.02 Å². The lowest BCUT2D eigenvalue weighted by molar-refractivity contribution is -0.116. The number of fused-ring (bicyclic) bond motifs is 1. The molecule has 1 amide bonds. The molecule has 0 radical (unpaired) electrons. The highest BCUT2D eigenvalue weighted by atomic mass is 35.5. The Kier molecular flexibility index (Phi) is 4.87. The first kappa shape index (κ1) is 19.5. The second-order valence-corrected chi connectivity index (χ2v) is 9.37. The lowest BCUT2D eigenvalue weighted by atomic mass is 10.3. The Hall–Kier alpha value is -2.79.